The summed E-state index contributed by atoms with van der Waals surface area (Å²) < 4.78 is 5.57. The van der Waals surface area contributed by atoms with E-state index >= 15 is 0 Å². The van der Waals surface area contributed by atoms with Crippen LogP contribution in [-0.2, 0) is 0 Å². The number of rotatable bonds is 8. The molecule has 2 aromatic carbocycles. The SMILES string of the molecule is CCCCOc1ccc(C(=O)/C=C/Nc2ccccc2C#N)cc1. The summed E-state index contributed by atoms with van der Waals surface area (Å²) in [6.07, 6.45) is 5.09. The molecule has 0 unspecified atom stereocenters. The summed E-state index contributed by atoms with van der Waals surface area (Å²) in [5, 5.41) is 12.0. The maximum absolute atomic E-state index is 12.1. The van der Waals surface area contributed by atoms with Gasteiger partial charge in [-0.15, -0.1) is 0 Å². The Hall–Kier alpha value is -3.06. The van der Waals surface area contributed by atoms with Crippen molar-refractivity contribution in [1.82, 2.24) is 0 Å². The number of nitrogens with zero attached hydrogens (tertiary/aromatic N) is 1. The van der Waals surface area contributed by atoms with Gasteiger partial charge in [0.25, 0.3) is 0 Å². The predicted octanol–water partition coefficient (Wildman–Crippen LogP) is 4.55. The summed E-state index contributed by atoms with van der Waals surface area (Å²) in [6, 6.07) is 16.3. The van der Waals surface area contributed by atoms with E-state index in [4.69, 9.17) is 10.00 Å². The molecule has 1 N–H and O–H groups in total. The van der Waals surface area contributed by atoms with E-state index in [1.54, 1.807) is 48.7 Å². The quantitative estimate of drug-likeness (QED) is 0.440. The van der Waals surface area contributed by atoms with Crippen molar-refractivity contribution in [3.05, 3.63) is 71.9 Å². The number of ketones is 1. The zero-order valence-electron chi connectivity index (χ0n) is 13.7. The molecule has 0 bridgehead atoms. The standard InChI is InChI=1S/C20H20N2O2/c1-2-3-14-24-18-10-8-16(9-11-18)20(23)12-13-22-19-7-5-4-6-17(19)15-21/h4-13,22H,2-3,14H2,1H3/b13-12+. The lowest BCUT2D eigenvalue weighted by Crippen LogP contribution is -1.99. The van der Waals surface area contributed by atoms with Crippen LogP contribution in [0.5, 0.6) is 5.75 Å². The number of nitriles is 1. The summed E-state index contributed by atoms with van der Waals surface area (Å²) in [4.78, 5) is 12.1. The van der Waals surface area contributed by atoms with Crippen molar-refractivity contribution in [1.29, 1.82) is 5.26 Å². The molecular formula is C20H20N2O2. The normalized spacial score (nSPS) is 10.3. The largest absolute Gasteiger partial charge is 0.494 e. The topological polar surface area (TPSA) is 62.1 Å². The van der Waals surface area contributed by atoms with E-state index in [-0.39, 0.29) is 5.78 Å². The predicted molar refractivity (Wildman–Crippen MR) is 95.1 cm³/mol. The number of allylic oxidation sites excluding steroid dienone is 1. The molecule has 122 valence electrons. The summed E-state index contributed by atoms with van der Waals surface area (Å²) >= 11 is 0. The Kier molecular flexibility index (Phi) is 6.60. The van der Waals surface area contributed by atoms with Crippen LogP contribution >= 0.6 is 0 Å². The first-order chi connectivity index (χ1) is 11.7. The zero-order valence-corrected chi connectivity index (χ0v) is 13.7. The fourth-order valence-electron chi connectivity index (χ4n) is 2.06. The minimum Gasteiger partial charge on any atom is -0.494 e. The van der Waals surface area contributed by atoms with Crippen molar-refractivity contribution in [2.75, 3.05) is 11.9 Å². The number of anilines is 1. The van der Waals surface area contributed by atoms with Gasteiger partial charge in [0.05, 0.1) is 17.9 Å². The first kappa shape index (κ1) is 17.3. The number of benzene rings is 2. The molecule has 0 fully saturated rings. The van der Waals surface area contributed by atoms with Gasteiger partial charge in [0.15, 0.2) is 5.78 Å². The molecule has 2 rings (SSSR count). The molecule has 0 aromatic heterocycles. The molecule has 0 aliphatic carbocycles. The van der Waals surface area contributed by atoms with Crippen molar-refractivity contribution in [2.45, 2.75) is 19.8 Å². The molecule has 0 saturated heterocycles. The first-order valence-electron chi connectivity index (χ1n) is 7.94. The fraction of sp³-hybridized carbons (Fsp3) is 0.200. The van der Waals surface area contributed by atoms with E-state index in [9.17, 15) is 4.79 Å². The maximum atomic E-state index is 12.1. The molecule has 0 atom stereocenters. The number of hydrogen-bond acceptors (Lipinski definition) is 4. The summed E-state index contributed by atoms with van der Waals surface area (Å²) in [6.45, 7) is 2.80. The Labute approximate surface area is 142 Å². The lowest BCUT2D eigenvalue weighted by Gasteiger charge is -2.05. The highest BCUT2D eigenvalue weighted by atomic mass is 16.5. The molecule has 4 nitrogen and oxygen atoms in total. The fourth-order valence-corrected chi connectivity index (χ4v) is 2.06. The molecule has 0 amide bonds. The third-order valence-electron chi connectivity index (χ3n) is 3.43. The van der Waals surface area contributed by atoms with Gasteiger partial charge >= 0.3 is 0 Å². The van der Waals surface area contributed by atoms with Crippen molar-refractivity contribution in [3.63, 3.8) is 0 Å². The average molecular weight is 320 g/mol. The zero-order chi connectivity index (χ0) is 17.2. The Morgan fingerprint density at radius 3 is 2.67 bits per heavy atom. The number of carbonyl (C=O) groups is 1. The van der Waals surface area contributed by atoms with E-state index in [0.29, 0.717) is 23.4 Å². The van der Waals surface area contributed by atoms with Crippen LogP contribution in [0.3, 0.4) is 0 Å². The van der Waals surface area contributed by atoms with Crippen LogP contribution in [0.25, 0.3) is 0 Å². The number of ether oxygens (including phenoxy) is 1. The lowest BCUT2D eigenvalue weighted by atomic mass is 10.1. The molecule has 0 spiro atoms. The molecule has 2 aromatic rings. The smallest absolute Gasteiger partial charge is 0.187 e. The van der Waals surface area contributed by atoms with Crippen LogP contribution in [0, 0.1) is 11.3 Å². The molecular weight excluding hydrogens is 300 g/mol. The first-order valence-corrected chi connectivity index (χ1v) is 7.94. The van der Waals surface area contributed by atoms with E-state index in [0.717, 1.165) is 18.6 Å². The molecule has 0 aliphatic rings. The molecule has 0 aliphatic heterocycles. The molecule has 4 heteroatoms. The summed E-state index contributed by atoms with van der Waals surface area (Å²) in [5.41, 5.74) is 1.79. The van der Waals surface area contributed by atoms with Gasteiger partial charge in [-0.3, -0.25) is 4.79 Å². The van der Waals surface area contributed by atoms with Gasteiger partial charge in [-0.05, 0) is 42.8 Å². The second-order valence-electron chi connectivity index (χ2n) is 5.23. The average Bonchev–Trinajstić information content (AvgIpc) is 2.63. The van der Waals surface area contributed by atoms with Crippen LogP contribution in [0.4, 0.5) is 5.69 Å². The molecule has 0 radical (unpaired) electrons. The summed E-state index contributed by atoms with van der Waals surface area (Å²) in [7, 11) is 0. The van der Waals surface area contributed by atoms with Crippen LogP contribution in [-0.4, -0.2) is 12.4 Å². The maximum Gasteiger partial charge on any atom is 0.187 e. The van der Waals surface area contributed by atoms with Crippen molar-refractivity contribution in [2.24, 2.45) is 0 Å². The molecule has 24 heavy (non-hydrogen) atoms. The van der Waals surface area contributed by atoms with Gasteiger partial charge in [0, 0.05) is 17.8 Å². The van der Waals surface area contributed by atoms with Crippen LogP contribution in [0.1, 0.15) is 35.7 Å². The minimum atomic E-state index is -0.114. The Balaban J connectivity index is 1.93. The second-order valence-corrected chi connectivity index (χ2v) is 5.23. The minimum absolute atomic E-state index is 0.114. The number of nitrogens with one attached hydrogen (secondary N) is 1. The van der Waals surface area contributed by atoms with Crippen LogP contribution in [0.2, 0.25) is 0 Å². The molecule has 0 heterocycles. The van der Waals surface area contributed by atoms with Gasteiger partial charge < -0.3 is 10.1 Å². The Bertz CT molecular complexity index is 743. The highest BCUT2D eigenvalue weighted by Crippen LogP contribution is 2.15. The number of unbranched alkanes of at least 4 members (excludes halogenated alkanes) is 1. The van der Waals surface area contributed by atoms with E-state index in [2.05, 4.69) is 18.3 Å². The number of carbonyl (C=O) groups excluding carboxylic acids is 1. The lowest BCUT2D eigenvalue weighted by molar-refractivity contribution is 0.104. The van der Waals surface area contributed by atoms with Gasteiger partial charge in [-0.25, -0.2) is 0 Å². The number of para-hydroxylation sites is 1. The van der Waals surface area contributed by atoms with Gasteiger partial charge in [-0.2, -0.15) is 5.26 Å². The van der Waals surface area contributed by atoms with E-state index in [1.165, 1.54) is 6.08 Å². The highest BCUT2D eigenvalue weighted by molar-refractivity contribution is 6.04. The third kappa shape index (κ3) is 4.99. The van der Waals surface area contributed by atoms with E-state index in [1.807, 2.05) is 6.07 Å². The number of hydrogen-bond donors (Lipinski definition) is 1. The monoisotopic (exact) mass is 320 g/mol. The third-order valence-corrected chi connectivity index (χ3v) is 3.43. The van der Waals surface area contributed by atoms with Crippen molar-refractivity contribution < 1.29 is 9.53 Å². The van der Waals surface area contributed by atoms with Crippen molar-refractivity contribution in [3.8, 4) is 11.8 Å². The van der Waals surface area contributed by atoms with Crippen LogP contribution < -0.4 is 10.1 Å². The second kappa shape index (κ2) is 9.16. The highest BCUT2D eigenvalue weighted by Gasteiger charge is 2.03. The van der Waals surface area contributed by atoms with Gasteiger partial charge in [0.2, 0.25) is 0 Å². The van der Waals surface area contributed by atoms with E-state index < -0.39 is 0 Å². The summed E-state index contributed by atoms with van der Waals surface area (Å²) in [5.74, 6) is 0.655. The van der Waals surface area contributed by atoms with Gasteiger partial charge in [-0.1, -0.05) is 25.5 Å². The Morgan fingerprint density at radius 2 is 1.96 bits per heavy atom. The van der Waals surface area contributed by atoms with Crippen molar-refractivity contribution >= 4 is 11.5 Å². The van der Waals surface area contributed by atoms with Crippen LogP contribution in [0.15, 0.2) is 60.8 Å². The Morgan fingerprint density at radius 1 is 1.21 bits per heavy atom. The van der Waals surface area contributed by atoms with Gasteiger partial charge in [0.1, 0.15) is 11.8 Å². The molecule has 0 saturated carbocycles.